The van der Waals surface area contributed by atoms with Crippen molar-refractivity contribution in [2.24, 2.45) is 0 Å². The Morgan fingerprint density at radius 3 is 2.43 bits per heavy atom. The summed E-state index contributed by atoms with van der Waals surface area (Å²) in [5.74, 6) is 0.292. The Balaban J connectivity index is 2.24. The van der Waals surface area contributed by atoms with Crippen molar-refractivity contribution in [3.8, 4) is 0 Å². The molecule has 14 heavy (non-hydrogen) atoms. The Morgan fingerprint density at radius 2 is 1.86 bits per heavy atom. The molecule has 0 N–H and O–H groups in total. The SMILES string of the molecule is O=C1CCCC1=Cc1ccc(Cl)cc1. The molecule has 0 aromatic heterocycles. The summed E-state index contributed by atoms with van der Waals surface area (Å²) < 4.78 is 0. The number of allylic oxidation sites excluding steroid dienone is 1. The summed E-state index contributed by atoms with van der Waals surface area (Å²) in [6.45, 7) is 0. The summed E-state index contributed by atoms with van der Waals surface area (Å²) in [5.41, 5.74) is 2.01. The van der Waals surface area contributed by atoms with E-state index in [0.717, 1.165) is 29.0 Å². The average molecular weight is 207 g/mol. The number of hydrogen-bond donors (Lipinski definition) is 0. The summed E-state index contributed by atoms with van der Waals surface area (Å²) >= 11 is 5.77. The Labute approximate surface area is 88.4 Å². The van der Waals surface area contributed by atoms with Gasteiger partial charge in [0.2, 0.25) is 0 Å². The summed E-state index contributed by atoms with van der Waals surface area (Å²) in [5, 5.41) is 0.727. The van der Waals surface area contributed by atoms with Crippen molar-refractivity contribution in [2.45, 2.75) is 19.3 Å². The fourth-order valence-electron chi connectivity index (χ4n) is 1.65. The number of Topliss-reactive ketones (excluding diaryl/α,β-unsaturated/α-hetero) is 1. The number of hydrogen-bond acceptors (Lipinski definition) is 1. The summed E-state index contributed by atoms with van der Waals surface area (Å²) in [7, 11) is 0. The van der Waals surface area contributed by atoms with E-state index in [2.05, 4.69) is 0 Å². The maximum absolute atomic E-state index is 11.4. The molecular formula is C12H11ClO. The van der Waals surface area contributed by atoms with E-state index in [4.69, 9.17) is 11.6 Å². The van der Waals surface area contributed by atoms with Crippen LogP contribution in [0.1, 0.15) is 24.8 Å². The zero-order valence-corrected chi connectivity index (χ0v) is 8.55. The first-order valence-electron chi connectivity index (χ1n) is 4.75. The molecule has 0 spiro atoms. The highest BCUT2D eigenvalue weighted by Gasteiger charge is 2.16. The molecule has 1 nitrogen and oxygen atoms in total. The van der Waals surface area contributed by atoms with Gasteiger partial charge in [0.05, 0.1) is 0 Å². The van der Waals surface area contributed by atoms with Crippen molar-refractivity contribution in [2.75, 3.05) is 0 Å². The highest BCUT2D eigenvalue weighted by Crippen LogP contribution is 2.23. The fraction of sp³-hybridized carbons (Fsp3) is 0.250. The topological polar surface area (TPSA) is 17.1 Å². The van der Waals surface area contributed by atoms with Gasteiger partial charge in [0.15, 0.2) is 5.78 Å². The van der Waals surface area contributed by atoms with Crippen LogP contribution in [-0.4, -0.2) is 5.78 Å². The van der Waals surface area contributed by atoms with Crippen molar-refractivity contribution in [3.05, 3.63) is 40.4 Å². The third-order valence-electron chi connectivity index (χ3n) is 2.42. The smallest absolute Gasteiger partial charge is 0.158 e. The van der Waals surface area contributed by atoms with Crippen LogP contribution in [0.15, 0.2) is 29.8 Å². The van der Waals surface area contributed by atoms with Crippen molar-refractivity contribution in [3.63, 3.8) is 0 Å². The van der Waals surface area contributed by atoms with Gasteiger partial charge in [0, 0.05) is 11.4 Å². The van der Waals surface area contributed by atoms with E-state index in [-0.39, 0.29) is 0 Å². The molecule has 1 fully saturated rings. The van der Waals surface area contributed by atoms with E-state index in [9.17, 15) is 4.79 Å². The standard InChI is InChI=1S/C12H11ClO/c13-11-6-4-9(5-7-11)8-10-2-1-3-12(10)14/h4-8H,1-3H2. The Bertz CT molecular complexity index is 376. The molecule has 0 heterocycles. The predicted octanol–water partition coefficient (Wildman–Crippen LogP) is 3.48. The highest BCUT2D eigenvalue weighted by atomic mass is 35.5. The summed E-state index contributed by atoms with van der Waals surface area (Å²) in [6, 6.07) is 7.54. The van der Waals surface area contributed by atoms with Crippen LogP contribution in [0.3, 0.4) is 0 Å². The van der Waals surface area contributed by atoms with E-state index in [1.807, 2.05) is 30.3 Å². The van der Waals surface area contributed by atoms with Crippen molar-refractivity contribution < 1.29 is 4.79 Å². The Morgan fingerprint density at radius 1 is 1.14 bits per heavy atom. The second kappa shape index (κ2) is 3.97. The fourth-order valence-corrected chi connectivity index (χ4v) is 1.78. The molecular weight excluding hydrogens is 196 g/mol. The average Bonchev–Trinajstić information content (AvgIpc) is 2.56. The molecule has 72 valence electrons. The van der Waals surface area contributed by atoms with Crippen LogP contribution in [0.25, 0.3) is 6.08 Å². The lowest BCUT2D eigenvalue weighted by molar-refractivity contribution is -0.114. The first kappa shape index (κ1) is 9.47. The van der Waals surface area contributed by atoms with Crippen LogP contribution in [0, 0.1) is 0 Å². The van der Waals surface area contributed by atoms with Gasteiger partial charge >= 0.3 is 0 Å². The normalized spacial score (nSPS) is 19.2. The lowest BCUT2D eigenvalue weighted by Gasteiger charge is -1.96. The third-order valence-corrected chi connectivity index (χ3v) is 2.67. The molecule has 0 aliphatic heterocycles. The maximum atomic E-state index is 11.4. The lowest BCUT2D eigenvalue weighted by Crippen LogP contribution is -1.90. The van der Waals surface area contributed by atoms with Gasteiger partial charge < -0.3 is 0 Å². The van der Waals surface area contributed by atoms with E-state index >= 15 is 0 Å². The van der Waals surface area contributed by atoms with Gasteiger partial charge in [-0.25, -0.2) is 0 Å². The molecule has 0 unspecified atom stereocenters. The van der Waals surface area contributed by atoms with Crippen molar-refractivity contribution >= 4 is 23.5 Å². The number of rotatable bonds is 1. The number of carbonyl (C=O) groups is 1. The summed E-state index contributed by atoms with van der Waals surface area (Å²) in [4.78, 5) is 11.4. The van der Waals surface area contributed by atoms with Gasteiger partial charge in [-0.1, -0.05) is 23.7 Å². The van der Waals surface area contributed by atoms with Gasteiger partial charge in [-0.05, 0) is 42.2 Å². The maximum Gasteiger partial charge on any atom is 0.158 e. The van der Waals surface area contributed by atoms with Gasteiger partial charge in [0.25, 0.3) is 0 Å². The molecule has 1 aliphatic rings. The Hall–Kier alpha value is -1.08. The molecule has 1 aliphatic carbocycles. The van der Waals surface area contributed by atoms with Crippen LogP contribution < -0.4 is 0 Å². The molecule has 0 amide bonds. The molecule has 0 saturated heterocycles. The van der Waals surface area contributed by atoms with E-state index in [1.54, 1.807) is 0 Å². The minimum atomic E-state index is 0.292. The summed E-state index contributed by atoms with van der Waals surface area (Å²) in [6.07, 6.45) is 4.59. The molecule has 0 radical (unpaired) electrons. The van der Waals surface area contributed by atoms with E-state index in [0.29, 0.717) is 12.2 Å². The van der Waals surface area contributed by atoms with Crippen LogP contribution >= 0.6 is 11.6 Å². The largest absolute Gasteiger partial charge is 0.295 e. The van der Waals surface area contributed by atoms with E-state index in [1.165, 1.54) is 0 Å². The minimum Gasteiger partial charge on any atom is -0.295 e. The number of carbonyl (C=O) groups excluding carboxylic acids is 1. The zero-order valence-electron chi connectivity index (χ0n) is 7.79. The first-order valence-corrected chi connectivity index (χ1v) is 5.13. The first-order chi connectivity index (χ1) is 6.75. The highest BCUT2D eigenvalue weighted by molar-refractivity contribution is 6.30. The van der Waals surface area contributed by atoms with Crippen molar-refractivity contribution in [1.29, 1.82) is 0 Å². The van der Waals surface area contributed by atoms with Gasteiger partial charge in [-0.2, -0.15) is 0 Å². The zero-order chi connectivity index (χ0) is 9.97. The lowest BCUT2D eigenvalue weighted by atomic mass is 10.1. The number of ketones is 1. The van der Waals surface area contributed by atoms with Crippen LogP contribution in [0.5, 0.6) is 0 Å². The molecule has 1 aromatic carbocycles. The number of halogens is 1. The van der Waals surface area contributed by atoms with Crippen LogP contribution in [0.2, 0.25) is 5.02 Å². The minimum absolute atomic E-state index is 0.292. The molecule has 1 aromatic rings. The monoisotopic (exact) mass is 206 g/mol. The quantitative estimate of drug-likeness (QED) is 0.643. The molecule has 1 saturated carbocycles. The van der Waals surface area contributed by atoms with Gasteiger partial charge in [-0.15, -0.1) is 0 Å². The van der Waals surface area contributed by atoms with Crippen molar-refractivity contribution in [1.82, 2.24) is 0 Å². The van der Waals surface area contributed by atoms with E-state index < -0.39 is 0 Å². The second-order valence-electron chi connectivity index (χ2n) is 3.50. The van der Waals surface area contributed by atoms with Gasteiger partial charge in [0.1, 0.15) is 0 Å². The molecule has 0 atom stereocenters. The molecule has 2 rings (SSSR count). The third kappa shape index (κ3) is 2.05. The molecule has 2 heteroatoms. The Kier molecular flexibility index (Phi) is 2.69. The predicted molar refractivity (Wildman–Crippen MR) is 58.3 cm³/mol. The number of benzene rings is 1. The second-order valence-corrected chi connectivity index (χ2v) is 3.93. The van der Waals surface area contributed by atoms with Crippen LogP contribution in [0.4, 0.5) is 0 Å². The van der Waals surface area contributed by atoms with Crippen LogP contribution in [-0.2, 0) is 4.79 Å². The molecule has 0 bridgehead atoms. The van der Waals surface area contributed by atoms with Gasteiger partial charge in [-0.3, -0.25) is 4.79 Å².